The van der Waals surface area contributed by atoms with Crippen molar-refractivity contribution in [3.63, 3.8) is 0 Å². The second-order valence-electron chi connectivity index (χ2n) is 5.01. The van der Waals surface area contributed by atoms with Gasteiger partial charge in [0, 0.05) is 38.8 Å². The van der Waals surface area contributed by atoms with Gasteiger partial charge >= 0.3 is 0 Å². The molecule has 0 aromatic carbocycles. The molecule has 1 atom stereocenters. The maximum absolute atomic E-state index is 4.46. The zero-order valence-corrected chi connectivity index (χ0v) is 11.6. The Labute approximate surface area is 109 Å². The first-order chi connectivity index (χ1) is 8.69. The van der Waals surface area contributed by atoms with Gasteiger partial charge in [-0.15, -0.1) is 0 Å². The maximum atomic E-state index is 4.46. The Kier molecular flexibility index (Phi) is 4.49. The molecular weight excluding hydrogens is 226 g/mol. The molecule has 0 bridgehead atoms. The van der Waals surface area contributed by atoms with E-state index < -0.39 is 0 Å². The van der Waals surface area contributed by atoms with Crippen molar-refractivity contribution >= 4 is 5.82 Å². The third-order valence-corrected chi connectivity index (χ3v) is 3.40. The number of hydrogen-bond donors (Lipinski definition) is 1. The fourth-order valence-electron chi connectivity index (χ4n) is 2.33. The molecule has 0 spiro atoms. The molecule has 0 amide bonds. The molecule has 1 unspecified atom stereocenters. The van der Waals surface area contributed by atoms with Crippen LogP contribution in [-0.4, -0.2) is 59.0 Å². The van der Waals surface area contributed by atoms with Crippen LogP contribution in [0.15, 0.2) is 12.4 Å². The third kappa shape index (κ3) is 3.40. The predicted molar refractivity (Wildman–Crippen MR) is 73.6 cm³/mol. The van der Waals surface area contributed by atoms with E-state index in [9.17, 15) is 0 Å². The first-order valence-electron chi connectivity index (χ1n) is 6.66. The molecule has 1 aromatic rings. The van der Waals surface area contributed by atoms with E-state index in [0.717, 1.165) is 44.2 Å². The minimum absolute atomic E-state index is 0.582. The monoisotopic (exact) mass is 249 g/mol. The first kappa shape index (κ1) is 13.2. The fourth-order valence-corrected chi connectivity index (χ4v) is 2.33. The van der Waals surface area contributed by atoms with Crippen LogP contribution < -0.4 is 5.32 Å². The fraction of sp³-hybridized carbons (Fsp3) is 0.692. The summed E-state index contributed by atoms with van der Waals surface area (Å²) < 4.78 is 0. The molecule has 1 fully saturated rings. The van der Waals surface area contributed by atoms with Crippen molar-refractivity contribution in [2.75, 3.05) is 38.5 Å². The highest BCUT2D eigenvalue weighted by Crippen LogP contribution is 2.11. The summed E-state index contributed by atoms with van der Waals surface area (Å²) in [6, 6.07) is 0.582. The van der Waals surface area contributed by atoms with Crippen LogP contribution in [0.1, 0.15) is 19.5 Å². The highest BCUT2D eigenvalue weighted by Gasteiger charge is 2.21. The number of nitrogens with one attached hydrogen (secondary N) is 1. The zero-order valence-electron chi connectivity index (χ0n) is 11.6. The van der Waals surface area contributed by atoms with Crippen molar-refractivity contribution < 1.29 is 0 Å². The van der Waals surface area contributed by atoms with Crippen molar-refractivity contribution in [1.29, 1.82) is 0 Å². The van der Waals surface area contributed by atoms with Crippen LogP contribution in [-0.2, 0) is 6.54 Å². The van der Waals surface area contributed by atoms with Crippen LogP contribution in [0.4, 0.5) is 5.82 Å². The Morgan fingerprint density at radius 3 is 2.78 bits per heavy atom. The molecular formula is C13H23N5. The van der Waals surface area contributed by atoms with Gasteiger partial charge in [-0.25, -0.2) is 4.98 Å². The van der Waals surface area contributed by atoms with E-state index in [-0.39, 0.29) is 0 Å². The molecule has 2 rings (SSSR count). The van der Waals surface area contributed by atoms with Crippen molar-refractivity contribution in [2.45, 2.75) is 26.4 Å². The predicted octanol–water partition coefficient (Wildman–Crippen LogP) is 1.04. The number of aromatic nitrogens is 2. The van der Waals surface area contributed by atoms with Crippen LogP contribution in [0.2, 0.25) is 0 Å². The topological polar surface area (TPSA) is 44.3 Å². The van der Waals surface area contributed by atoms with Gasteiger partial charge in [-0.1, -0.05) is 0 Å². The zero-order chi connectivity index (χ0) is 13.0. The summed E-state index contributed by atoms with van der Waals surface area (Å²) in [6.45, 7) is 9.47. The van der Waals surface area contributed by atoms with E-state index in [4.69, 9.17) is 0 Å². The lowest BCUT2D eigenvalue weighted by Gasteiger charge is -2.37. The molecule has 100 valence electrons. The van der Waals surface area contributed by atoms with Crippen molar-refractivity contribution in [3.05, 3.63) is 18.1 Å². The van der Waals surface area contributed by atoms with Gasteiger partial charge < -0.3 is 10.2 Å². The molecule has 0 radical (unpaired) electrons. The van der Waals surface area contributed by atoms with E-state index in [1.807, 2.05) is 12.4 Å². The third-order valence-electron chi connectivity index (χ3n) is 3.40. The normalized spacial score (nSPS) is 22.1. The Balaban J connectivity index is 1.92. The lowest BCUT2D eigenvalue weighted by Crippen LogP contribution is -2.49. The SMILES string of the molecule is CCNc1cnc(CN2CCN(C)CC2C)cn1. The minimum atomic E-state index is 0.582. The summed E-state index contributed by atoms with van der Waals surface area (Å²) in [5.74, 6) is 0.854. The van der Waals surface area contributed by atoms with Gasteiger partial charge in [0.1, 0.15) is 5.82 Å². The molecule has 1 N–H and O–H groups in total. The first-order valence-corrected chi connectivity index (χ1v) is 6.66. The molecule has 5 heteroatoms. The molecule has 1 aromatic heterocycles. The van der Waals surface area contributed by atoms with Gasteiger partial charge in [-0.2, -0.15) is 0 Å². The van der Waals surface area contributed by atoms with E-state index >= 15 is 0 Å². The number of rotatable bonds is 4. The van der Waals surface area contributed by atoms with Crippen molar-refractivity contribution in [1.82, 2.24) is 19.8 Å². The number of hydrogen-bond acceptors (Lipinski definition) is 5. The average Bonchev–Trinajstić information content (AvgIpc) is 2.35. The second-order valence-corrected chi connectivity index (χ2v) is 5.01. The Hall–Kier alpha value is -1.20. The molecule has 1 saturated heterocycles. The summed E-state index contributed by atoms with van der Waals surface area (Å²) in [7, 11) is 2.18. The minimum Gasteiger partial charge on any atom is -0.369 e. The molecule has 5 nitrogen and oxygen atoms in total. The molecule has 1 aliphatic heterocycles. The van der Waals surface area contributed by atoms with Gasteiger partial charge in [0.05, 0.1) is 18.1 Å². The average molecular weight is 249 g/mol. The molecule has 0 saturated carbocycles. The highest BCUT2D eigenvalue weighted by atomic mass is 15.3. The van der Waals surface area contributed by atoms with E-state index in [1.54, 1.807) is 0 Å². The van der Waals surface area contributed by atoms with Crippen LogP contribution in [0, 0.1) is 0 Å². The molecule has 2 heterocycles. The van der Waals surface area contributed by atoms with E-state index in [2.05, 4.69) is 46.0 Å². The Bertz CT molecular complexity index is 364. The van der Waals surface area contributed by atoms with E-state index in [0.29, 0.717) is 6.04 Å². The van der Waals surface area contributed by atoms with Crippen molar-refractivity contribution in [3.8, 4) is 0 Å². The van der Waals surface area contributed by atoms with Gasteiger partial charge in [0.25, 0.3) is 0 Å². The summed E-state index contributed by atoms with van der Waals surface area (Å²) in [6.07, 6.45) is 3.70. The number of piperazine rings is 1. The van der Waals surface area contributed by atoms with E-state index in [1.165, 1.54) is 0 Å². The maximum Gasteiger partial charge on any atom is 0.144 e. The lowest BCUT2D eigenvalue weighted by molar-refractivity contribution is 0.0926. The highest BCUT2D eigenvalue weighted by molar-refractivity contribution is 5.30. The summed E-state index contributed by atoms with van der Waals surface area (Å²) >= 11 is 0. The summed E-state index contributed by atoms with van der Waals surface area (Å²) in [4.78, 5) is 13.7. The van der Waals surface area contributed by atoms with Crippen LogP contribution in [0.3, 0.4) is 0 Å². The second kappa shape index (κ2) is 6.11. The Morgan fingerprint density at radius 2 is 2.17 bits per heavy atom. The molecule has 1 aliphatic rings. The number of anilines is 1. The standard InChI is InChI=1S/C13H23N5/c1-4-14-13-8-15-12(7-16-13)10-18-6-5-17(3)9-11(18)2/h7-8,11H,4-6,9-10H2,1-3H3,(H,14,16). The van der Waals surface area contributed by atoms with Crippen LogP contribution in [0.5, 0.6) is 0 Å². The van der Waals surface area contributed by atoms with Crippen LogP contribution >= 0.6 is 0 Å². The Morgan fingerprint density at radius 1 is 1.33 bits per heavy atom. The van der Waals surface area contributed by atoms with Crippen molar-refractivity contribution in [2.24, 2.45) is 0 Å². The molecule has 0 aliphatic carbocycles. The summed E-state index contributed by atoms with van der Waals surface area (Å²) in [5, 5.41) is 3.16. The van der Waals surface area contributed by atoms with Crippen LogP contribution in [0.25, 0.3) is 0 Å². The lowest BCUT2D eigenvalue weighted by atomic mass is 10.2. The summed E-state index contributed by atoms with van der Waals surface area (Å²) in [5.41, 5.74) is 1.05. The quantitative estimate of drug-likeness (QED) is 0.864. The van der Waals surface area contributed by atoms with Gasteiger partial charge in [0.15, 0.2) is 0 Å². The van der Waals surface area contributed by atoms with Gasteiger partial charge in [0.2, 0.25) is 0 Å². The van der Waals surface area contributed by atoms with Gasteiger partial charge in [-0.3, -0.25) is 9.88 Å². The molecule has 18 heavy (non-hydrogen) atoms. The van der Waals surface area contributed by atoms with Gasteiger partial charge in [-0.05, 0) is 20.9 Å². The largest absolute Gasteiger partial charge is 0.369 e. The smallest absolute Gasteiger partial charge is 0.144 e. The number of likely N-dealkylation sites (N-methyl/N-ethyl adjacent to an activating group) is 1. The number of nitrogens with zero attached hydrogens (tertiary/aromatic N) is 4.